The molecular weight excluding hydrogens is 364 g/mol. The number of hydrogen-bond acceptors (Lipinski definition) is 8. The molecule has 0 aromatic carbocycles. The quantitative estimate of drug-likeness (QED) is 0.838. The van der Waals surface area contributed by atoms with Crippen LogP contribution in [0.5, 0.6) is 6.01 Å². The number of rotatable bonds is 3. The Labute approximate surface area is 164 Å². The molecule has 0 aliphatic carbocycles. The molecule has 28 heavy (non-hydrogen) atoms. The summed E-state index contributed by atoms with van der Waals surface area (Å²) in [5.41, 5.74) is 0.573. The predicted octanol–water partition coefficient (Wildman–Crippen LogP) is 1.53. The number of methoxy groups -OCH3 is 1. The van der Waals surface area contributed by atoms with Gasteiger partial charge in [-0.15, -0.1) is 0 Å². The third-order valence-electron chi connectivity index (χ3n) is 4.63. The zero-order valence-electron chi connectivity index (χ0n) is 17.2. The Kier molecular flexibility index (Phi) is 5.33. The summed E-state index contributed by atoms with van der Waals surface area (Å²) in [7, 11) is 3.42. The van der Waals surface area contributed by atoms with Crippen LogP contribution in [-0.2, 0) is 16.5 Å². The van der Waals surface area contributed by atoms with Crippen LogP contribution in [-0.4, -0.2) is 80.1 Å². The fraction of sp³-hybridized carbons (Fsp3) is 0.667. The second-order valence-electron chi connectivity index (χ2n) is 8.12. The summed E-state index contributed by atoms with van der Waals surface area (Å²) in [4.78, 5) is 29.1. The van der Waals surface area contributed by atoms with Gasteiger partial charge in [-0.25, -0.2) is 9.78 Å². The Morgan fingerprint density at radius 3 is 2.68 bits per heavy atom. The monoisotopic (exact) mass is 392 g/mol. The number of nitrogens with zero attached hydrogens (tertiary/aromatic N) is 6. The van der Waals surface area contributed by atoms with E-state index in [-0.39, 0.29) is 24.2 Å². The average molecular weight is 392 g/mol. The normalized spacial score (nSPS) is 20.6. The van der Waals surface area contributed by atoms with E-state index in [4.69, 9.17) is 9.47 Å². The standard InChI is InChI=1S/C18H28N6O4/c1-11-7-24(15-13-14(20-16(25)21-15)22(5)10-19-13)12(9-27-6)8-23(11)17(26)28-18(2,3)4/h10-12H,7-9H2,1-6H3,(H,20,21,25)/t11-,12-/m1/s1. The van der Waals surface area contributed by atoms with E-state index in [1.54, 1.807) is 30.0 Å². The molecule has 2 aromatic heterocycles. The molecular formula is C18H28N6O4. The molecule has 0 saturated carbocycles. The number of aromatic nitrogens is 4. The summed E-state index contributed by atoms with van der Waals surface area (Å²) in [5.74, 6) is 0.529. The highest BCUT2D eigenvalue weighted by Gasteiger charge is 2.38. The van der Waals surface area contributed by atoms with Gasteiger partial charge in [-0.2, -0.15) is 9.97 Å². The SMILES string of the molecule is COC[C@H]1CN(C(=O)OC(C)(C)C)[C@H](C)CN1c1nc(O)nc2c1ncn2C. The average Bonchev–Trinajstić information content (AvgIpc) is 2.95. The fourth-order valence-corrected chi connectivity index (χ4v) is 3.39. The van der Waals surface area contributed by atoms with Crippen molar-refractivity contribution in [2.45, 2.75) is 45.4 Å². The number of piperazine rings is 1. The van der Waals surface area contributed by atoms with Crippen molar-refractivity contribution in [3.63, 3.8) is 0 Å². The van der Waals surface area contributed by atoms with Gasteiger partial charge in [-0.1, -0.05) is 0 Å². The molecule has 154 valence electrons. The first kappa shape index (κ1) is 20.1. The Bertz CT molecular complexity index is 862. The van der Waals surface area contributed by atoms with Crippen molar-refractivity contribution >= 4 is 23.1 Å². The van der Waals surface area contributed by atoms with Gasteiger partial charge < -0.3 is 28.9 Å². The lowest BCUT2D eigenvalue weighted by Gasteiger charge is -2.45. The summed E-state index contributed by atoms with van der Waals surface area (Å²) in [6.07, 6.45) is 1.28. The van der Waals surface area contributed by atoms with E-state index >= 15 is 0 Å². The molecule has 10 heteroatoms. The molecule has 3 heterocycles. The summed E-state index contributed by atoms with van der Waals surface area (Å²) < 4.78 is 12.7. The molecule has 1 amide bonds. The first-order valence-electron chi connectivity index (χ1n) is 9.24. The zero-order chi connectivity index (χ0) is 20.6. The van der Waals surface area contributed by atoms with E-state index in [1.807, 2.05) is 32.6 Å². The predicted molar refractivity (Wildman–Crippen MR) is 103 cm³/mol. The second-order valence-corrected chi connectivity index (χ2v) is 8.12. The summed E-state index contributed by atoms with van der Waals surface area (Å²) in [5, 5.41) is 10.0. The van der Waals surface area contributed by atoms with Gasteiger partial charge in [0, 0.05) is 33.3 Å². The number of hydrogen-bond donors (Lipinski definition) is 1. The molecule has 1 aliphatic rings. The summed E-state index contributed by atoms with van der Waals surface area (Å²) in [6, 6.07) is -0.614. The zero-order valence-corrected chi connectivity index (χ0v) is 17.2. The molecule has 0 radical (unpaired) electrons. The van der Waals surface area contributed by atoms with Crippen LogP contribution in [0.15, 0.2) is 6.33 Å². The van der Waals surface area contributed by atoms with E-state index < -0.39 is 5.60 Å². The molecule has 1 saturated heterocycles. The van der Waals surface area contributed by atoms with Crippen molar-refractivity contribution in [3.8, 4) is 6.01 Å². The van der Waals surface area contributed by atoms with Crippen LogP contribution in [0.25, 0.3) is 11.2 Å². The molecule has 0 spiro atoms. The molecule has 2 aromatic rings. The third kappa shape index (κ3) is 3.96. The molecule has 2 atom stereocenters. The lowest BCUT2D eigenvalue weighted by Crippen LogP contribution is -2.61. The fourth-order valence-electron chi connectivity index (χ4n) is 3.39. The second kappa shape index (κ2) is 7.42. The van der Waals surface area contributed by atoms with Crippen molar-refractivity contribution in [1.82, 2.24) is 24.4 Å². The Balaban J connectivity index is 1.94. The molecule has 10 nitrogen and oxygen atoms in total. The van der Waals surface area contributed by atoms with Crippen LogP contribution >= 0.6 is 0 Å². The number of amides is 1. The number of imidazole rings is 1. The maximum Gasteiger partial charge on any atom is 0.410 e. The maximum atomic E-state index is 12.7. The van der Waals surface area contributed by atoms with Crippen LogP contribution in [0.3, 0.4) is 0 Å². The van der Waals surface area contributed by atoms with Gasteiger partial charge in [0.1, 0.15) is 5.60 Å². The smallest absolute Gasteiger partial charge is 0.410 e. The molecule has 1 N–H and O–H groups in total. The number of anilines is 1. The van der Waals surface area contributed by atoms with Gasteiger partial charge in [0.05, 0.1) is 19.0 Å². The minimum Gasteiger partial charge on any atom is -0.479 e. The number of aromatic hydroxyl groups is 1. The highest BCUT2D eigenvalue weighted by atomic mass is 16.6. The molecule has 1 fully saturated rings. The van der Waals surface area contributed by atoms with Crippen LogP contribution in [0.1, 0.15) is 27.7 Å². The highest BCUT2D eigenvalue weighted by Crippen LogP contribution is 2.29. The Morgan fingerprint density at radius 1 is 1.32 bits per heavy atom. The van der Waals surface area contributed by atoms with E-state index in [1.165, 1.54) is 0 Å². The minimum atomic E-state index is -0.566. The molecule has 0 unspecified atom stereocenters. The van der Waals surface area contributed by atoms with Gasteiger partial charge in [-0.3, -0.25) is 0 Å². The van der Waals surface area contributed by atoms with Gasteiger partial charge in [0.15, 0.2) is 17.0 Å². The topological polar surface area (TPSA) is 106 Å². The van der Waals surface area contributed by atoms with E-state index in [0.29, 0.717) is 36.7 Å². The number of aryl methyl sites for hydroxylation is 1. The van der Waals surface area contributed by atoms with Gasteiger partial charge in [0.2, 0.25) is 0 Å². The lowest BCUT2D eigenvalue weighted by atomic mass is 10.1. The van der Waals surface area contributed by atoms with Crippen LogP contribution < -0.4 is 4.90 Å². The van der Waals surface area contributed by atoms with Crippen molar-refractivity contribution in [2.75, 3.05) is 31.7 Å². The number of carbonyl (C=O) groups excluding carboxylic acids is 1. The van der Waals surface area contributed by atoms with E-state index in [9.17, 15) is 9.90 Å². The van der Waals surface area contributed by atoms with Crippen LogP contribution in [0.2, 0.25) is 0 Å². The first-order valence-corrected chi connectivity index (χ1v) is 9.24. The van der Waals surface area contributed by atoms with Crippen molar-refractivity contribution in [3.05, 3.63) is 6.33 Å². The van der Waals surface area contributed by atoms with Crippen molar-refractivity contribution in [1.29, 1.82) is 0 Å². The molecule has 0 bridgehead atoms. The van der Waals surface area contributed by atoms with Crippen LogP contribution in [0, 0.1) is 0 Å². The van der Waals surface area contributed by atoms with Crippen LogP contribution in [0.4, 0.5) is 10.6 Å². The van der Waals surface area contributed by atoms with E-state index in [0.717, 1.165) is 0 Å². The number of ether oxygens (including phenoxy) is 2. The van der Waals surface area contributed by atoms with Crippen molar-refractivity contribution in [2.24, 2.45) is 7.05 Å². The summed E-state index contributed by atoms with van der Waals surface area (Å²) >= 11 is 0. The largest absolute Gasteiger partial charge is 0.479 e. The Morgan fingerprint density at radius 2 is 2.04 bits per heavy atom. The molecule has 3 rings (SSSR count). The highest BCUT2D eigenvalue weighted by molar-refractivity contribution is 5.84. The third-order valence-corrected chi connectivity index (χ3v) is 4.63. The minimum absolute atomic E-state index is 0.126. The molecule has 1 aliphatic heterocycles. The number of carbonyl (C=O) groups is 1. The first-order chi connectivity index (χ1) is 13.1. The lowest BCUT2D eigenvalue weighted by molar-refractivity contribution is 0.00895. The summed E-state index contributed by atoms with van der Waals surface area (Å²) in [6.45, 7) is 8.78. The van der Waals surface area contributed by atoms with E-state index in [2.05, 4.69) is 15.0 Å². The van der Waals surface area contributed by atoms with Gasteiger partial charge in [-0.05, 0) is 27.7 Å². The van der Waals surface area contributed by atoms with Gasteiger partial charge >= 0.3 is 12.1 Å². The van der Waals surface area contributed by atoms with Gasteiger partial charge in [0.25, 0.3) is 0 Å². The maximum absolute atomic E-state index is 12.7. The van der Waals surface area contributed by atoms with Crippen molar-refractivity contribution < 1.29 is 19.4 Å². The number of fused-ring (bicyclic) bond motifs is 1. The Hall–Kier alpha value is -2.62.